The summed E-state index contributed by atoms with van der Waals surface area (Å²) in [6.07, 6.45) is 1.76. The molecule has 0 atom stereocenters. The SMILES string of the molecule is O=C(CN(CCN1C(=O)C=CC1=O)P(=O)(O)O)ON1C(=O)CCC1=O. The molecule has 0 unspecified atom stereocenters. The molecule has 0 radical (unpaired) electrons. The van der Waals surface area contributed by atoms with Crippen LogP contribution in [0, 0.1) is 0 Å². The van der Waals surface area contributed by atoms with Crippen molar-refractivity contribution in [3.63, 3.8) is 0 Å². The minimum Gasteiger partial charge on any atom is -0.329 e. The van der Waals surface area contributed by atoms with E-state index >= 15 is 0 Å². The Morgan fingerprint density at radius 3 is 2.12 bits per heavy atom. The molecular formula is C12H14N3O9P. The summed E-state index contributed by atoms with van der Waals surface area (Å²) in [5.41, 5.74) is 0. The Hall–Kier alpha value is -2.40. The summed E-state index contributed by atoms with van der Waals surface area (Å²) in [5, 5.41) is 0.248. The number of carbonyl (C=O) groups excluding carboxylic acids is 5. The van der Waals surface area contributed by atoms with E-state index in [1.807, 2.05) is 0 Å². The maximum absolute atomic E-state index is 11.8. The zero-order valence-corrected chi connectivity index (χ0v) is 13.6. The minimum atomic E-state index is -4.93. The predicted octanol–water partition coefficient (Wildman–Crippen LogP) is -2.09. The second-order valence-corrected chi connectivity index (χ2v) is 6.70. The van der Waals surface area contributed by atoms with E-state index in [4.69, 9.17) is 0 Å². The van der Waals surface area contributed by atoms with Gasteiger partial charge in [-0.2, -0.15) is 4.67 Å². The van der Waals surface area contributed by atoms with E-state index in [1.165, 1.54) is 0 Å². The highest BCUT2D eigenvalue weighted by atomic mass is 31.2. The van der Waals surface area contributed by atoms with Gasteiger partial charge in [0.05, 0.1) is 0 Å². The fourth-order valence-corrected chi connectivity index (χ4v) is 2.76. The van der Waals surface area contributed by atoms with Gasteiger partial charge in [-0.05, 0) is 0 Å². The molecule has 136 valence electrons. The van der Waals surface area contributed by atoms with Gasteiger partial charge in [0.25, 0.3) is 23.6 Å². The van der Waals surface area contributed by atoms with Gasteiger partial charge >= 0.3 is 13.7 Å². The second kappa shape index (κ2) is 7.23. The molecule has 25 heavy (non-hydrogen) atoms. The molecule has 12 nitrogen and oxygen atoms in total. The molecule has 2 rings (SSSR count). The lowest BCUT2D eigenvalue weighted by Gasteiger charge is -2.24. The molecule has 4 amide bonds. The molecule has 13 heteroatoms. The molecule has 0 aromatic heterocycles. The van der Waals surface area contributed by atoms with Crippen molar-refractivity contribution in [1.29, 1.82) is 0 Å². The number of hydrogen-bond donors (Lipinski definition) is 2. The van der Waals surface area contributed by atoms with E-state index < -0.39 is 50.4 Å². The highest BCUT2D eigenvalue weighted by Gasteiger charge is 2.35. The first kappa shape index (κ1) is 18.9. The smallest absolute Gasteiger partial charge is 0.329 e. The van der Waals surface area contributed by atoms with Gasteiger partial charge in [0.1, 0.15) is 6.54 Å². The van der Waals surface area contributed by atoms with E-state index in [0.29, 0.717) is 4.67 Å². The van der Waals surface area contributed by atoms with Crippen LogP contribution >= 0.6 is 7.75 Å². The molecule has 0 spiro atoms. The Labute approximate surface area is 140 Å². The molecule has 0 aromatic rings. The van der Waals surface area contributed by atoms with Gasteiger partial charge < -0.3 is 14.6 Å². The van der Waals surface area contributed by atoms with Gasteiger partial charge in [0.15, 0.2) is 0 Å². The zero-order chi connectivity index (χ0) is 18.8. The van der Waals surface area contributed by atoms with Crippen molar-refractivity contribution in [1.82, 2.24) is 14.6 Å². The Balaban J connectivity index is 1.96. The topological polar surface area (TPSA) is 162 Å². The Morgan fingerprint density at radius 2 is 1.64 bits per heavy atom. The van der Waals surface area contributed by atoms with Crippen LogP contribution < -0.4 is 0 Å². The van der Waals surface area contributed by atoms with Crippen LogP contribution in [0.25, 0.3) is 0 Å². The van der Waals surface area contributed by atoms with Crippen LogP contribution in [0.2, 0.25) is 0 Å². The predicted molar refractivity (Wildman–Crippen MR) is 76.7 cm³/mol. The Morgan fingerprint density at radius 1 is 1.12 bits per heavy atom. The largest absolute Gasteiger partial charge is 0.403 e. The summed E-state index contributed by atoms with van der Waals surface area (Å²) in [7, 11) is -4.93. The van der Waals surface area contributed by atoms with Crippen molar-refractivity contribution in [3.8, 4) is 0 Å². The number of nitrogens with zero attached hydrogens (tertiary/aromatic N) is 3. The van der Waals surface area contributed by atoms with Crippen molar-refractivity contribution < 1.29 is 43.2 Å². The molecule has 0 aliphatic carbocycles. The van der Waals surface area contributed by atoms with Gasteiger partial charge in [-0.3, -0.25) is 24.1 Å². The van der Waals surface area contributed by atoms with Crippen molar-refractivity contribution in [2.75, 3.05) is 19.6 Å². The third kappa shape index (κ3) is 4.57. The fourth-order valence-electron chi connectivity index (χ4n) is 2.11. The number of hydrogen-bond acceptors (Lipinski definition) is 7. The van der Waals surface area contributed by atoms with E-state index in [2.05, 4.69) is 4.84 Å². The van der Waals surface area contributed by atoms with Crippen LogP contribution in [0.15, 0.2) is 12.2 Å². The molecule has 1 fully saturated rings. The van der Waals surface area contributed by atoms with Crippen molar-refractivity contribution >= 4 is 37.3 Å². The summed E-state index contributed by atoms with van der Waals surface area (Å²) < 4.78 is 11.8. The lowest BCUT2D eigenvalue weighted by molar-refractivity contribution is -0.197. The lowest BCUT2D eigenvalue weighted by Crippen LogP contribution is -2.41. The molecule has 2 N–H and O–H groups in total. The molecule has 2 aliphatic rings. The molecule has 0 aromatic carbocycles. The average molecular weight is 375 g/mol. The van der Waals surface area contributed by atoms with Gasteiger partial charge in [-0.1, -0.05) is 0 Å². The maximum atomic E-state index is 11.8. The van der Waals surface area contributed by atoms with Crippen LogP contribution in [0.3, 0.4) is 0 Å². The number of carbonyl (C=O) groups is 5. The first-order valence-corrected chi connectivity index (χ1v) is 8.57. The van der Waals surface area contributed by atoms with Crippen LogP contribution in [-0.2, 0) is 33.4 Å². The highest BCUT2D eigenvalue weighted by Crippen LogP contribution is 2.39. The van der Waals surface area contributed by atoms with E-state index in [9.17, 15) is 38.3 Å². The normalized spacial score (nSPS) is 18.0. The monoisotopic (exact) mass is 375 g/mol. The number of rotatable bonds is 7. The summed E-state index contributed by atoms with van der Waals surface area (Å²) >= 11 is 0. The first-order chi connectivity index (χ1) is 11.6. The van der Waals surface area contributed by atoms with Crippen LogP contribution in [0.5, 0.6) is 0 Å². The highest BCUT2D eigenvalue weighted by molar-refractivity contribution is 7.49. The van der Waals surface area contributed by atoms with Gasteiger partial charge in [0, 0.05) is 38.1 Å². The molecule has 2 heterocycles. The molecule has 1 saturated heterocycles. The molecule has 0 saturated carbocycles. The molecule has 0 bridgehead atoms. The number of hydroxylamine groups is 2. The Kier molecular flexibility index (Phi) is 5.48. The second-order valence-electron chi connectivity index (χ2n) is 5.11. The Bertz CT molecular complexity index is 679. The van der Waals surface area contributed by atoms with E-state index in [0.717, 1.165) is 17.1 Å². The molecular weight excluding hydrogens is 361 g/mol. The maximum Gasteiger partial charge on any atom is 0.403 e. The summed E-state index contributed by atoms with van der Waals surface area (Å²) in [6, 6.07) is 0. The molecule has 2 aliphatic heterocycles. The van der Waals surface area contributed by atoms with Crippen LogP contribution in [0.4, 0.5) is 0 Å². The zero-order valence-electron chi connectivity index (χ0n) is 12.7. The number of imide groups is 2. The van der Waals surface area contributed by atoms with Crippen molar-refractivity contribution in [2.24, 2.45) is 0 Å². The quantitative estimate of drug-likeness (QED) is 0.373. The summed E-state index contributed by atoms with van der Waals surface area (Å²) in [6.45, 7) is -1.84. The van der Waals surface area contributed by atoms with Crippen LogP contribution in [0.1, 0.15) is 12.8 Å². The van der Waals surface area contributed by atoms with E-state index in [1.54, 1.807) is 0 Å². The van der Waals surface area contributed by atoms with Gasteiger partial charge in [-0.25, -0.2) is 9.36 Å². The first-order valence-electron chi connectivity index (χ1n) is 7.00. The minimum absolute atomic E-state index is 0.125. The van der Waals surface area contributed by atoms with E-state index in [-0.39, 0.29) is 24.4 Å². The average Bonchev–Trinajstić information content (AvgIpc) is 2.99. The standard InChI is InChI=1S/C12H14N3O9P/c16-8-1-2-9(17)14(8)6-5-13(25(21,22)23)7-12(20)24-15-10(18)3-4-11(15)19/h1-2H,3-7H2,(H2,21,22,23). The lowest BCUT2D eigenvalue weighted by atomic mass is 10.4. The van der Waals surface area contributed by atoms with Crippen molar-refractivity contribution in [2.45, 2.75) is 12.8 Å². The van der Waals surface area contributed by atoms with Crippen molar-refractivity contribution in [3.05, 3.63) is 12.2 Å². The summed E-state index contributed by atoms with van der Waals surface area (Å²) in [5.74, 6) is -4.01. The summed E-state index contributed by atoms with van der Waals surface area (Å²) in [4.78, 5) is 81.1. The fraction of sp³-hybridized carbons (Fsp3) is 0.417. The van der Waals surface area contributed by atoms with Crippen LogP contribution in [-0.4, -0.2) is 73.7 Å². The third-order valence-corrected chi connectivity index (χ3v) is 4.44. The van der Waals surface area contributed by atoms with Gasteiger partial charge in [-0.15, -0.1) is 5.06 Å². The number of amides is 4. The third-order valence-electron chi connectivity index (χ3n) is 3.36. The van der Waals surface area contributed by atoms with Gasteiger partial charge in [0.2, 0.25) is 0 Å².